The summed E-state index contributed by atoms with van der Waals surface area (Å²) >= 11 is 0. The third kappa shape index (κ3) is 2.40. The van der Waals surface area contributed by atoms with E-state index in [1.165, 1.54) is 0 Å². The Morgan fingerprint density at radius 2 is 1.95 bits per heavy atom. The number of likely N-dealkylation sites (N-methyl/N-ethyl adjacent to an activating group) is 1. The predicted octanol–water partition coefficient (Wildman–Crippen LogP) is 1.39. The van der Waals surface area contributed by atoms with Gasteiger partial charge in [0.15, 0.2) is 0 Å². The van der Waals surface area contributed by atoms with Crippen LogP contribution in [0.4, 0.5) is 5.82 Å². The van der Waals surface area contributed by atoms with E-state index in [0.717, 1.165) is 62.9 Å². The number of hydrogen-bond acceptors (Lipinski definition) is 5. The first-order chi connectivity index (χ1) is 9.61. The van der Waals surface area contributed by atoms with Crippen molar-refractivity contribution < 1.29 is 4.74 Å². The molecule has 1 aromatic heterocycles. The molecule has 0 N–H and O–H groups in total. The van der Waals surface area contributed by atoms with Gasteiger partial charge in [-0.25, -0.2) is 4.98 Å². The number of rotatable bonds is 1. The molecule has 2 aliphatic rings. The van der Waals surface area contributed by atoms with Gasteiger partial charge in [-0.1, -0.05) is 0 Å². The Morgan fingerprint density at radius 1 is 1.20 bits per heavy atom. The lowest BCUT2D eigenvalue weighted by atomic mass is 9.86. The van der Waals surface area contributed by atoms with Gasteiger partial charge in [-0.05, 0) is 33.7 Å². The second-order valence-electron chi connectivity index (χ2n) is 6.10. The molecule has 110 valence electrons. The van der Waals surface area contributed by atoms with Crippen LogP contribution in [0.1, 0.15) is 24.2 Å². The van der Waals surface area contributed by atoms with Gasteiger partial charge >= 0.3 is 0 Å². The summed E-state index contributed by atoms with van der Waals surface area (Å²) in [7, 11) is 2.25. The summed E-state index contributed by atoms with van der Waals surface area (Å²) in [5.74, 6) is 1.06. The number of piperazine rings is 1. The van der Waals surface area contributed by atoms with Crippen molar-refractivity contribution in [1.29, 1.82) is 0 Å². The maximum atomic E-state index is 5.56. The van der Waals surface area contributed by atoms with Crippen LogP contribution >= 0.6 is 0 Å². The van der Waals surface area contributed by atoms with Crippen LogP contribution in [0.2, 0.25) is 0 Å². The van der Waals surface area contributed by atoms with E-state index < -0.39 is 0 Å². The van der Waals surface area contributed by atoms with Gasteiger partial charge in [0, 0.05) is 44.6 Å². The summed E-state index contributed by atoms with van der Waals surface area (Å²) in [6, 6.07) is 0. The Balaban J connectivity index is 1.86. The number of hydrogen-bond donors (Lipinski definition) is 0. The first kappa shape index (κ1) is 13.8. The fourth-order valence-corrected chi connectivity index (χ4v) is 3.36. The fourth-order valence-electron chi connectivity index (χ4n) is 3.36. The van der Waals surface area contributed by atoms with Gasteiger partial charge in [0.05, 0.1) is 11.4 Å². The Morgan fingerprint density at radius 3 is 2.70 bits per heavy atom. The third-order valence-corrected chi connectivity index (χ3v) is 4.77. The van der Waals surface area contributed by atoms with E-state index in [1.54, 1.807) is 0 Å². The number of aromatic nitrogens is 2. The molecule has 2 saturated heterocycles. The Kier molecular flexibility index (Phi) is 3.65. The third-order valence-electron chi connectivity index (χ3n) is 4.77. The Labute approximate surface area is 121 Å². The average molecular weight is 276 g/mol. The maximum absolute atomic E-state index is 5.56. The highest BCUT2D eigenvalue weighted by molar-refractivity contribution is 5.44. The molecule has 2 fully saturated rings. The lowest BCUT2D eigenvalue weighted by molar-refractivity contribution is -0.0221. The zero-order valence-electron chi connectivity index (χ0n) is 12.7. The highest BCUT2D eigenvalue weighted by atomic mass is 16.5. The molecule has 0 aromatic carbocycles. The van der Waals surface area contributed by atoms with Crippen molar-refractivity contribution in [3.05, 3.63) is 17.6 Å². The molecule has 3 rings (SSSR count). The van der Waals surface area contributed by atoms with Crippen molar-refractivity contribution in [1.82, 2.24) is 14.9 Å². The first-order valence-electron chi connectivity index (χ1n) is 7.45. The molecule has 20 heavy (non-hydrogen) atoms. The van der Waals surface area contributed by atoms with Crippen molar-refractivity contribution in [3.63, 3.8) is 0 Å². The highest BCUT2D eigenvalue weighted by Crippen LogP contribution is 2.32. The molecule has 0 saturated carbocycles. The summed E-state index contributed by atoms with van der Waals surface area (Å²) < 4.78 is 5.56. The number of aryl methyl sites for hydroxylation is 2. The van der Waals surface area contributed by atoms with Crippen LogP contribution in [0.25, 0.3) is 0 Å². The lowest BCUT2D eigenvalue weighted by Gasteiger charge is -2.51. The van der Waals surface area contributed by atoms with E-state index in [9.17, 15) is 0 Å². The topological polar surface area (TPSA) is 41.5 Å². The molecular weight excluding hydrogens is 252 g/mol. The molecule has 5 heteroatoms. The zero-order valence-corrected chi connectivity index (χ0v) is 12.7. The fraction of sp³-hybridized carbons (Fsp3) is 0.733. The monoisotopic (exact) mass is 276 g/mol. The minimum atomic E-state index is 0.244. The van der Waals surface area contributed by atoms with Gasteiger partial charge in [-0.3, -0.25) is 9.88 Å². The Hall–Kier alpha value is -1.20. The Bertz CT molecular complexity index is 485. The maximum Gasteiger partial charge on any atom is 0.150 e. The summed E-state index contributed by atoms with van der Waals surface area (Å²) in [6.07, 6.45) is 4.07. The van der Waals surface area contributed by atoms with E-state index in [2.05, 4.69) is 28.8 Å². The first-order valence-corrected chi connectivity index (χ1v) is 7.45. The molecule has 0 bridgehead atoms. The van der Waals surface area contributed by atoms with E-state index in [1.807, 2.05) is 13.1 Å². The van der Waals surface area contributed by atoms with Gasteiger partial charge in [-0.15, -0.1) is 0 Å². The molecule has 0 amide bonds. The van der Waals surface area contributed by atoms with Crippen molar-refractivity contribution in [2.24, 2.45) is 0 Å². The highest BCUT2D eigenvalue weighted by Gasteiger charge is 2.41. The second kappa shape index (κ2) is 5.30. The summed E-state index contributed by atoms with van der Waals surface area (Å²) in [5.41, 5.74) is 2.27. The zero-order chi connectivity index (χ0) is 14.2. The normalized spacial score (nSPS) is 23.2. The van der Waals surface area contributed by atoms with Crippen LogP contribution in [-0.2, 0) is 4.74 Å². The van der Waals surface area contributed by atoms with Gasteiger partial charge < -0.3 is 9.64 Å². The van der Waals surface area contributed by atoms with E-state index in [4.69, 9.17) is 9.72 Å². The van der Waals surface area contributed by atoms with Crippen molar-refractivity contribution in [3.8, 4) is 0 Å². The van der Waals surface area contributed by atoms with Crippen LogP contribution in [0.5, 0.6) is 0 Å². The van der Waals surface area contributed by atoms with Gasteiger partial charge in [0.2, 0.25) is 0 Å². The molecule has 1 spiro atoms. The molecule has 0 radical (unpaired) electrons. The van der Waals surface area contributed by atoms with Crippen LogP contribution < -0.4 is 4.90 Å². The van der Waals surface area contributed by atoms with Crippen LogP contribution in [0.15, 0.2) is 6.20 Å². The smallest absolute Gasteiger partial charge is 0.150 e. The minimum absolute atomic E-state index is 0.244. The van der Waals surface area contributed by atoms with Crippen LogP contribution in [-0.4, -0.2) is 60.3 Å². The molecular formula is C15H24N4O. The van der Waals surface area contributed by atoms with Crippen LogP contribution in [0, 0.1) is 13.8 Å². The SMILES string of the molecule is Cc1cnc(C)c(N2CCN(C)C3(CCOCC3)C2)n1. The summed E-state index contributed by atoms with van der Waals surface area (Å²) in [5, 5.41) is 0. The predicted molar refractivity (Wildman–Crippen MR) is 79.1 cm³/mol. The summed E-state index contributed by atoms with van der Waals surface area (Å²) in [4.78, 5) is 14.1. The van der Waals surface area contributed by atoms with Crippen molar-refractivity contribution in [2.45, 2.75) is 32.2 Å². The molecule has 1 aromatic rings. The number of nitrogens with zero attached hydrogens (tertiary/aromatic N) is 4. The lowest BCUT2D eigenvalue weighted by Crippen LogP contribution is -2.63. The second-order valence-corrected chi connectivity index (χ2v) is 6.10. The van der Waals surface area contributed by atoms with Gasteiger partial charge in [0.25, 0.3) is 0 Å². The van der Waals surface area contributed by atoms with E-state index in [-0.39, 0.29) is 5.54 Å². The van der Waals surface area contributed by atoms with E-state index >= 15 is 0 Å². The van der Waals surface area contributed by atoms with Crippen molar-refractivity contribution in [2.75, 3.05) is 44.8 Å². The molecule has 0 unspecified atom stereocenters. The number of ether oxygens (including phenoxy) is 1. The van der Waals surface area contributed by atoms with Gasteiger partial charge in [-0.2, -0.15) is 0 Å². The molecule has 5 nitrogen and oxygen atoms in total. The quantitative estimate of drug-likeness (QED) is 0.775. The largest absolute Gasteiger partial charge is 0.381 e. The van der Waals surface area contributed by atoms with Crippen LogP contribution in [0.3, 0.4) is 0 Å². The summed E-state index contributed by atoms with van der Waals surface area (Å²) in [6.45, 7) is 8.94. The average Bonchev–Trinajstić information content (AvgIpc) is 2.46. The van der Waals surface area contributed by atoms with Crippen molar-refractivity contribution >= 4 is 5.82 Å². The van der Waals surface area contributed by atoms with Gasteiger partial charge in [0.1, 0.15) is 5.82 Å². The number of anilines is 1. The molecule has 3 heterocycles. The standard InChI is InChI=1S/C15H24N4O/c1-12-10-16-13(2)14(17-12)19-7-6-18(3)15(11-19)4-8-20-9-5-15/h10H,4-9,11H2,1-3H3. The minimum Gasteiger partial charge on any atom is -0.381 e. The van der Waals surface area contributed by atoms with E-state index in [0.29, 0.717) is 0 Å². The molecule has 0 aliphatic carbocycles. The molecule has 0 atom stereocenters. The molecule has 2 aliphatic heterocycles.